The SMILES string of the molecule is NS(=O)(=O)c1ccc(-c2sc(COc3cccc(Cl)c3)nc2-c2ccc(F)cc2)cc1. The monoisotopic (exact) mass is 474 g/mol. The van der Waals surface area contributed by atoms with Crippen LogP contribution in [0.1, 0.15) is 5.01 Å². The van der Waals surface area contributed by atoms with Crippen molar-refractivity contribution >= 4 is 33.0 Å². The van der Waals surface area contributed by atoms with Gasteiger partial charge in [0, 0.05) is 10.6 Å². The number of benzene rings is 3. The zero-order valence-electron chi connectivity index (χ0n) is 16.0. The number of nitrogens with two attached hydrogens (primary N) is 1. The van der Waals surface area contributed by atoms with E-state index in [0.29, 0.717) is 21.5 Å². The number of halogens is 2. The van der Waals surface area contributed by atoms with Crippen molar-refractivity contribution in [1.82, 2.24) is 4.98 Å². The topological polar surface area (TPSA) is 82.3 Å². The minimum Gasteiger partial charge on any atom is -0.486 e. The molecule has 0 fully saturated rings. The van der Waals surface area contributed by atoms with Crippen molar-refractivity contribution in [2.45, 2.75) is 11.5 Å². The highest BCUT2D eigenvalue weighted by Crippen LogP contribution is 2.37. The van der Waals surface area contributed by atoms with Gasteiger partial charge >= 0.3 is 0 Å². The molecule has 31 heavy (non-hydrogen) atoms. The van der Waals surface area contributed by atoms with Crippen LogP contribution in [0, 0.1) is 5.82 Å². The Morgan fingerprint density at radius 1 is 1.00 bits per heavy atom. The van der Waals surface area contributed by atoms with Gasteiger partial charge in [0.05, 0.1) is 15.5 Å². The fraction of sp³-hybridized carbons (Fsp3) is 0.0455. The van der Waals surface area contributed by atoms with E-state index >= 15 is 0 Å². The van der Waals surface area contributed by atoms with Gasteiger partial charge in [0.25, 0.3) is 0 Å². The lowest BCUT2D eigenvalue weighted by molar-refractivity contribution is 0.305. The summed E-state index contributed by atoms with van der Waals surface area (Å²) in [6, 6.07) is 19.3. The Morgan fingerprint density at radius 2 is 1.68 bits per heavy atom. The number of thiazole rings is 1. The van der Waals surface area contributed by atoms with Crippen molar-refractivity contribution < 1.29 is 17.5 Å². The predicted molar refractivity (Wildman–Crippen MR) is 120 cm³/mol. The molecule has 0 bridgehead atoms. The van der Waals surface area contributed by atoms with Crippen molar-refractivity contribution in [2.24, 2.45) is 5.14 Å². The van der Waals surface area contributed by atoms with E-state index in [1.165, 1.54) is 35.6 Å². The molecule has 1 aromatic heterocycles. The van der Waals surface area contributed by atoms with Crippen LogP contribution < -0.4 is 9.88 Å². The van der Waals surface area contributed by atoms with E-state index in [-0.39, 0.29) is 17.3 Å². The summed E-state index contributed by atoms with van der Waals surface area (Å²) in [5.41, 5.74) is 2.15. The summed E-state index contributed by atoms with van der Waals surface area (Å²) in [6.45, 7) is 0.217. The zero-order chi connectivity index (χ0) is 22.0. The number of hydrogen-bond acceptors (Lipinski definition) is 5. The average molecular weight is 475 g/mol. The second kappa shape index (κ2) is 8.76. The van der Waals surface area contributed by atoms with Crippen molar-refractivity contribution in [3.05, 3.63) is 88.6 Å². The minimum absolute atomic E-state index is 0.0219. The third-order valence-electron chi connectivity index (χ3n) is 4.39. The fourth-order valence-electron chi connectivity index (χ4n) is 2.92. The number of aromatic nitrogens is 1. The zero-order valence-corrected chi connectivity index (χ0v) is 18.3. The molecule has 0 unspecified atom stereocenters. The van der Waals surface area contributed by atoms with Gasteiger partial charge in [-0.25, -0.2) is 22.9 Å². The van der Waals surface area contributed by atoms with Gasteiger partial charge in [-0.15, -0.1) is 11.3 Å². The van der Waals surface area contributed by atoms with E-state index in [1.807, 2.05) is 0 Å². The number of sulfonamides is 1. The molecule has 0 amide bonds. The maximum absolute atomic E-state index is 13.4. The first-order valence-corrected chi connectivity index (χ1v) is 11.8. The molecule has 3 aromatic carbocycles. The molecule has 0 radical (unpaired) electrons. The van der Waals surface area contributed by atoms with Crippen LogP contribution in [0.25, 0.3) is 21.7 Å². The molecular weight excluding hydrogens is 459 g/mol. The number of ether oxygens (including phenoxy) is 1. The van der Waals surface area contributed by atoms with Crippen LogP contribution in [0.5, 0.6) is 5.75 Å². The van der Waals surface area contributed by atoms with Gasteiger partial charge < -0.3 is 4.74 Å². The standard InChI is InChI=1S/C22H16ClFN2O3S2/c23-16-2-1-3-18(12-16)29-13-20-26-21(14-4-8-17(24)9-5-14)22(30-20)15-6-10-19(11-7-15)31(25,27)28/h1-12H,13H2,(H2,25,27,28). The van der Waals surface area contributed by atoms with Crippen LogP contribution >= 0.6 is 22.9 Å². The van der Waals surface area contributed by atoms with E-state index < -0.39 is 10.0 Å². The summed E-state index contributed by atoms with van der Waals surface area (Å²) in [4.78, 5) is 5.52. The number of rotatable bonds is 6. The smallest absolute Gasteiger partial charge is 0.238 e. The molecule has 0 saturated carbocycles. The number of hydrogen-bond donors (Lipinski definition) is 1. The summed E-state index contributed by atoms with van der Waals surface area (Å²) < 4.78 is 42.3. The lowest BCUT2D eigenvalue weighted by atomic mass is 10.1. The molecule has 0 spiro atoms. The van der Waals surface area contributed by atoms with E-state index in [2.05, 4.69) is 0 Å². The third-order valence-corrected chi connectivity index (χ3v) is 6.63. The van der Waals surface area contributed by atoms with E-state index in [4.69, 9.17) is 26.5 Å². The first kappa shape index (κ1) is 21.5. The van der Waals surface area contributed by atoms with Crippen LogP contribution in [0.15, 0.2) is 77.7 Å². The Bertz CT molecular complexity index is 1320. The molecule has 4 aromatic rings. The lowest BCUT2D eigenvalue weighted by Gasteiger charge is -2.04. The van der Waals surface area contributed by atoms with Crippen molar-refractivity contribution in [3.8, 4) is 27.4 Å². The lowest BCUT2D eigenvalue weighted by Crippen LogP contribution is -2.11. The maximum Gasteiger partial charge on any atom is 0.238 e. The van der Waals surface area contributed by atoms with Crippen molar-refractivity contribution in [1.29, 1.82) is 0 Å². The van der Waals surface area contributed by atoms with Gasteiger partial charge in [-0.3, -0.25) is 0 Å². The highest BCUT2D eigenvalue weighted by atomic mass is 35.5. The van der Waals surface area contributed by atoms with Crippen LogP contribution in [0.3, 0.4) is 0 Å². The van der Waals surface area contributed by atoms with Gasteiger partial charge in [-0.2, -0.15) is 0 Å². The number of nitrogens with zero attached hydrogens (tertiary/aromatic N) is 1. The Morgan fingerprint density at radius 3 is 2.32 bits per heavy atom. The normalized spacial score (nSPS) is 11.5. The maximum atomic E-state index is 13.4. The third kappa shape index (κ3) is 5.11. The van der Waals surface area contributed by atoms with E-state index in [9.17, 15) is 12.8 Å². The molecule has 0 saturated heterocycles. The summed E-state index contributed by atoms with van der Waals surface area (Å²) in [7, 11) is -3.79. The molecule has 0 aliphatic heterocycles. The molecule has 0 atom stereocenters. The molecule has 2 N–H and O–H groups in total. The van der Waals surface area contributed by atoms with E-state index in [1.54, 1.807) is 48.5 Å². The second-order valence-corrected chi connectivity index (χ2v) is 9.69. The van der Waals surface area contributed by atoms with Crippen LogP contribution in [-0.2, 0) is 16.6 Å². The molecule has 0 aliphatic rings. The van der Waals surface area contributed by atoms with Gasteiger partial charge in [0.1, 0.15) is 23.2 Å². The Hall–Kier alpha value is -2.78. The largest absolute Gasteiger partial charge is 0.486 e. The van der Waals surface area contributed by atoms with Gasteiger partial charge in [-0.05, 0) is 60.2 Å². The highest BCUT2D eigenvalue weighted by Gasteiger charge is 2.17. The van der Waals surface area contributed by atoms with Crippen LogP contribution in [0.4, 0.5) is 4.39 Å². The molecule has 9 heteroatoms. The predicted octanol–water partition coefficient (Wildman–Crippen LogP) is 5.50. The summed E-state index contributed by atoms with van der Waals surface area (Å²) in [5, 5.41) is 6.46. The quantitative estimate of drug-likeness (QED) is 0.400. The highest BCUT2D eigenvalue weighted by molar-refractivity contribution is 7.89. The van der Waals surface area contributed by atoms with Crippen LogP contribution in [-0.4, -0.2) is 13.4 Å². The molecule has 5 nitrogen and oxygen atoms in total. The summed E-state index contributed by atoms with van der Waals surface area (Å²) >= 11 is 7.40. The molecule has 1 heterocycles. The first-order chi connectivity index (χ1) is 14.8. The average Bonchev–Trinajstić information content (AvgIpc) is 3.17. The number of primary sulfonamides is 1. The first-order valence-electron chi connectivity index (χ1n) is 9.07. The van der Waals surface area contributed by atoms with Gasteiger partial charge in [-0.1, -0.05) is 29.8 Å². The minimum atomic E-state index is -3.79. The van der Waals surface area contributed by atoms with Crippen LogP contribution in [0.2, 0.25) is 5.02 Å². The molecule has 0 aliphatic carbocycles. The molecule has 4 rings (SSSR count). The Kier molecular flexibility index (Phi) is 6.06. The van der Waals surface area contributed by atoms with Crippen molar-refractivity contribution in [2.75, 3.05) is 0 Å². The Labute approximate surface area is 188 Å². The summed E-state index contributed by atoms with van der Waals surface area (Å²) in [6.07, 6.45) is 0. The Balaban J connectivity index is 1.71. The molecular formula is C22H16ClFN2O3S2. The van der Waals surface area contributed by atoms with Gasteiger partial charge in [0.2, 0.25) is 10.0 Å². The summed E-state index contributed by atoms with van der Waals surface area (Å²) in [5.74, 6) is 0.271. The van der Waals surface area contributed by atoms with E-state index in [0.717, 1.165) is 16.0 Å². The van der Waals surface area contributed by atoms with Gasteiger partial charge in [0.15, 0.2) is 0 Å². The molecule has 158 valence electrons. The van der Waals surface area contributed by atoms with Crippen molar-refractivity contribution in [3.63, 3.8) is 0 Å². The second-order valence-electron chi connectivity index (χ2n) is 6.61. The fourth-order valence-corrected chi connectivity index (χ4v) is 4.62.